The summed E-state index contributed by atoms with van der Waals surface area (Å²) in [4.78, 5) is 25.8. The summed E-state index contributed by atoms with van der Waals surface area (Å²) >= 11 is 0. The minimum Gasteiger partial charge on any atom is -0.373 e. The SMILES string of the molecule is C=C[C@]1(C)C[C@@H]2O[C@H]1[C@H](C)[C@]13CCC(=O)[C@H]1[C@@]2(C)[C@@H](C)C(=O)C3. The summed E-state index contributed by atoms with van der Waals surface area (Å²) in [6.45, 7) is 12.7. The molecule has 126 valence electrons. The molecule has 23 heavy (non-hydrogen) atoms. The molecule has 8 atom stereocenters. The Bertz CT molecular complexity index is 608. The van der Waals surface area contributed by atoms with E-state index in [-0.39, 0.29) is 46.2 Å². The minimum absolute atomic E-state index is 0.0120. The van der Waals surface area contributed by atoms with Gasteiger partial charge in [0, 0.05) is 35.5 Å². The van der Waals surface area contributed by atoms with E-state index >= 15 is 0 Å². The molecule has 0 aromatic rings. The van der Waals surface area contributed by atoms with E-state index in [0.29, 0.717) is 24.4 Å². The second kappa shape index (κ2) is 4.36. The lowest BCUT2D eigenvalue weighted by molar-refractivity contribution is -0.157. The van der Waals surface area contributed by atoms with Crippen LogP contribution in [0.1, 0.15) is 53.4 Å². The largest absolute Gasteiger partial charge is 0.373 e. The first-order valence-electron chi connectivity index (χ1n) is 9.05. The predicted molar refractivity (Wildman–Crippen MR) is 87.8 cm³/mol. The number of ketones is 2. The van der Waals surface area contributed by atoms with Crippen molar-refractivity contribution >= 4 is 11.6 Å². The van der Waals surface area contributed by atoms with Crippen molar-refractivity contribution in [2.75, 3.05) is 0 Å². The highest BCUT2D eigenvalue weighted by Gasteiger charge is 2.72. The lowest BCUT2D eigenvalue weighted by Gasteiger charge is -2.56. The van der Waals surface area contributed by atoms with Gasteiger partial charge in [0.1, 0.15) is 11.6 Å². The van der Waals surface area contributed by atoms with Crippen LogP contribution in [0.4, 0.5) is 0 Å². The molecular weight excluding hydrogens is 288 g/mol. The van der Waals surface area contributed by atoms with E-state index in [2.05, 4.69) is 27.4 Å². The van der Waals surface area contributed by atoms with Crippen LogP contribution in [0.2, 0.25) is 0 Å². The van der Waals surface area contributed by atoms with Crippen molar-refractivity contribution in [3.63, 3.8) is 0 Å². The zero-order valence-electron chi connectivity index (χ0n) is 14.7. The number of hydrogen-bond acceptors (Lipinski definition) is 3. The third kappa shape index (κ3) is 1.55. The topological polar surface area (TPSA) is 43.4 Å². The molecule has 4 bridgehead atoms. The van der Waals surface area contributed by atoms with Crippen LogP contribution >= 0.6 is 0 Å². The second-order valence-electron chi connectivity index (χ2n) is 9.11. The van der Waals surface area contributed by atoms with Crippen molar-refractivity contribution < 1.29 is 14.3 Å². The Morgan fingerprint density at radius 1 is 1.22 bits per heavy atom. The van der Waals surface area contributed by atoms with Crippen LogP contribution in [0.3, 0.4) is 0 Å². The zero-order valence-corrected chi connectivity index (χ0v) is 14.7. The van der Waals surface area contributed by atoms with E-state index in [9.17, 15) is 9.59 Å². The third-order valence-electron chi connectivity index (χ3n) is 8.38. The maximum atomic E-state index is 12.9. The normalized spacial score (nSPS) is 58.0. The average Bonchev–Trinajstić information content (AvgIpc) is 3.02. The molecule has 2 aliphatic carbocycles. The zero-order chi connectivity index (χ0) is 16.8. The van der Waals surface area contributed by atoms with Crippen LogP contribution in [0.15, 0.2) is 12.7 Å². The predicted octanol–water partition coefficient (Wildman–Crippen LogP) is 3.57. The molecule has 2 aliphatic heterocycles. The van der Waals surface area contributed by atoms with Gasteiger partial charge in [-0.15, -0.1) is 6.58 Å². The molecule has 3 nitrogen and oxygen atoms in total. The van der Waals surface area contributed by atoms with Gasteiger partial charge in [-0.05, 0) is 24.2 Å². The van der Waals surface area contributed by atoms with Crippen molar-refractivity contribution in [2.24, 2.45) is 34.0 Å². The monoisotopic (exact) mass is 316 g/mol. The van der Waals surface area contributed by atoms with Gasteiger partial charge in [-0.2, -0.15) is 0 Å². The molecule has 0 radical (unpaired) electrons. The molecule has 0 spiro atoms. The second-order valence-corrected chi connectivity index (χ2v) is 9.11. The first kappa shape index (κ1) is 15.6. The molecule has 4 fully saturated rings. The van der Waals surface area contributed by atoms with Gasteiger partial charge in [0.15, 0.2) is 0 Å². The number of carbonyl (C=O) groups excluding carboxylic acids is 2. The molecule has 2 heterocycles. The van der Waals surface area contributed by atoms with E-state index in [1.807, 2.05) is 13.0 Å². The van der Waals surface area contributed by atoms with Crippen LogP contribution in [0, 0.1) is 34.0 Å². The number of fused-ring (bicyclic) bond motifs is 3. The first-order valence-corrected chi connectivity index (χ1v) is 9.05. The van der Waals surface area contributed by atoms with E-state index < -0.39 is 0 Å². The summed E-state index contributed by atoms with van der Waals surface area (Å²) in [5, 5.41) is 0. The molecule has 0 unspecified atom stereocenters. The Morgan fingerprint density at radius 2 is 1.91 bits per heavy atom. The van der Waals surface area contributed by atoms with Crippen LogP contribution in [-0.4, -0.2) is 23.8 Å². The fourth-order valence-electron chi connectivity index (χ4n) is 6.77. The quantitative estimate of drug-likeness (QED) is 0.695. The highest BCUT2D eigenvalue weighted by molar-refractivity contribution is 5.92. The molecule has 3 heteroatoms. The smallest absolute Gasteiger partial charge is 0.137 e. The van der Waals surface area contributed by atoms with Crippen LogP contribution in [0.25, 0.3) is 0 Å². The van der Waals surface area contributed by atoms with Crippen LogP contribution in [0.5, 0.6) is 0 Å². The van der Waals surface area contributed by atoms with Crippen molar-refractivity contribution in [1.82, 2.24) is 0 Å². The maximum absolute atomic E-state index is 12.9. The first-order chi connectivity index (χ1) is 10.7. The number of rotatable bonds is 1. The van der Waals surface area contributed by atoms with E-state index in [4.69, 9.17) is 4.74 Å². The minimum atomic E-state index is -0.368. The summed E-state index contributed by atoms with van der Waals surface area (Å²) in [5.74, 6) is 0.801. The summed E-state index contributed by atoms with van der Waals surface area (Å²) < 4.78 is 6.58. The molecule has 4 rings (SSSR count). The Morgan fingerprint density at radius 3 is 2.57 bits per heavy atom. The summed E-state index contributed by atoms with van der Waals surface area (Å²) in [5.41, 5.74) is -0.624. The van der Waals surface area contributed by atoms with E-state index in [1.54, 1.807) is 0 Å². The Balaban J connectivity index is 1.97. The lowest BCUT2D eigenvalue weighted by Crippen LogP contribution is -2.59. The summed E-state index contributed by atoms with van der Waals surface area (Å²) in [7, 11) is 0. The number of carbonyl (C=O) groups is 2. The van der Waals surface area contributed by atoms with Gasteiger partial charge in [0.2, 0.25) is 0 Å². The van der Waals surface area contributed by atoms with Gasteiger partial charge >= 0.3 is 0 Å². The van der Waals surface area contributed by atoms with Gasteiger partial charge < -0.3 is 4.74 Å². The summed E-state index contributed by atoms with van der Waals surface area (Å²) in [6, 6.07) is 0. The standard InChI is InChI=1S/C20H28O3/c1-6-18(4)10-15-19(5)11(2)14(22)9-20(12(3)17(18)23-15)8-7-13(21)16(19)20/h6,11-12,15-17H,1,7-10H2,2-5H3/t11-,12-,15-,16-,17-,18+,19-,20+/m0/s1. The highest BCUT2D eigenvalue weighted by atomic mass is 16.5. The van der Waals surface area contributed by atoms with Crippen LogP contribution < -0.4 is 0 Å². The molecule has 0 aromatic heterocycles. The Kier molecular flexibility index (Phi) is 2.95. The highest BCUT2D eigenvalue weighted by Crippen LogP contribution is 2.70. The summed E-state index contributed by atoms with van der Waals surface area (Å²) in [6.07, 6.45) is 5.01. The van der Waals surface area contributed by atoms with Gasteiger partial charge in [0.25, 0.3) is 0 Å². The van der Waals surface area contributed by atoms with Crippen molar-refractivity contribution in [3.8, 4) is 0 Å². The molecule has 4 aliphatic rings. The van der Waals surface area contributed by atoms with Crippen molar-refractivity contribution in [2.45, 2.75) is 65.6 Å². The van der Waals surface area contributed by atoms with Gasteiger partial charge in [0.05, 0.1) is 12.2 Å². The van der Waals surface area contributed by atoms with Gasteiger partial charge in [-0.3, -0.25) is 9.59 Å². The molecular formula is C20H28O3. The molecule has 2 saturated heterocycles. The molecule has 0 N–H and O–H groups in total. The maximum Gasteiger partial charge on any atom is 0.137 e. The number of ether oxygens (including phenoxy) is 1. The van der Waals surface area contributed by atoms with Crippen molar-refractivity contribution in [1.29, 1.82) is 0 Å². The lowest BCUT2D eigenvalue weighted by atomic mass is 9.45. The van der Waals surface area contributed by atoms with Crippen LogP contribution in [-0.2, 0) is 14.3 Å². The molecule has 0 amide bonds. The molecule has 2 saturated carbocycles. The van der Waals surface area contributed by atoms with Gasteiger partial charge in [-0.1, -0.05) is 33.8 Å². The number of Topliss-reactive ketones (excluding diaryl/α,β-unsaturated/α-hetero) is 2. The van der Waals surface area contributed by atoms with Crippen molar-refractivity contribution in [3.05, 3.63) is 12.7 Å². The third-order valence-corrected chi connectivity index (χ3v) is 8.38. The Hall–Kier alpha value is -0.960. The average molecular weight is 316 g/mol. The molecule has 0 aromatic carbocycles. The van der Waals surface area contributed by atoms with E-state index in [0.717, 1.165) is 12.8 Å². The fourth-order valence-corrected chi connectivity index (χ4v) is 6.77. The fraction of sp³-hybridized carbons (Fsp3) is 0.800. The van der Waals surface area contributed by atoms with E-state index in [1.165, 1.54) is 0 Å². The van der Waals surface area contributed by atoms with Gasteiger partial charge in [-0.25, -0.2) is 0 Å². The Labute approximate surface area is 138 Å². The number of hydrogen-bond donors (Lipinski definition) is 0.